The maximum absolute atomic E-state index is 13.0. The van der Waals surface area contributed by atoms with Crippen molar-refractivity contribution in [1.29, 1.82) is 0 Å². The lowest BCUT2D eigenvalue weighted by atomic mass is 10.0. The molecule has 2 aliphatic rings. The van der Waals surface area contributed by atoms with E-state index in [4.69, 9.17) is 10.1 Å². The number of fused-ring (bicyclic) bond motifs is 1. The zero-order valence-electron chi connectivity index (χ0n) is 18.5. The standard InChI is InChI=1S/C25H31N5O/c1-18-15-26-25(30(18)16-20-11-12-20)24-21-17-29(14-13-22(21)28(2)27-24)23(31)10-6-9-19-7-4-3-5-8-19/h3-5,7-8,15,20H,6,9-14,16-17H2,1-2H3. The summed E-state index contributed by atoms with van der Waals surface area (Å²) in [5.74, 6) is 1.97. The van der Waals surface area contributed by atoms with Crippen molar-refractivity contribution >= 4 is 5.91 Å². The summed E-state index contributed by atoms with van der Waals surface area (Å²) in [5.41, 5.74) is 5.84. The highest BCUT2D eigenvalue weighted by Crippen LogP contribution is 2.35. The minimum absolute atomic E-state index is 0.244. The molecule has 1 amide bonds. The van der Waals surface area contributed by atoms with Gasteiger partial charge in [-0.25, -0.2) is 4.98 Å². The van der Waals surface area contributed by atoms with E-state index in [0.29, 0.717) is 13.0 Å². The van der Waals surface area contributed by atoms with E-state index in [1.807, 2.05) is 28.9 Å². The minimum Gasteiger partial charge on any atom is -0.338 e. The summed E-state index contributed by atoms with van der Waals surface area (Å²) >= 11 is 0. The topological polar surface area (TPSA) is 56.0 Å². The summed E-state index contributed by atoms with van der Waals surface area (Å²) in [4.78, 5) is 19.7. The van der Waals surface area contributed by atoms with Crippen LogP contribution >= 0.6 is 0 Å². The van der Waals surface area contributed by atoms with E-state index in [9.17, 15) is 4.79 Å². The molecule has 2 aromatic heterocycles. The molecule has 1 saturated carbocycles. The Hall–Kier alpha value is -2.89. The fourth-order valence-corrected chi connectivity index (χ4v) is 4.67. The first-order chi connectivity index (χ1) is 15.1. The molecule has 0 radical (unpaired) electrons. The number of imidazole rings is 1. The van der Waals surface area contributed by atoms with Crippen LogP contribution in [0, 0.1) is 12.8 Å². The number of aryl methyl sites for hydroxylation is 3. The second-order valence-electron chi connectivity index (χ2n) is 9.08. The van der Waals surface area contributed by atoms with Crippen LogP contribution in [0.4, 0.5) is 0 Å². The van der Waals surface area contributed by atoms with Crippen molar-refractivity contribution in [3.63, 3.8) is 0 Å². The predicted molar refractivity (Wildman–Crippen MR) is 120 cm³/mol. The maximum Gasteiger partial charge on any atom is 0.222 e. The zero-order chi connectivity index (χ0) is 21.4. The van der Waals surface area contributed by atoms with Crippen molar-refractivity contribution in [2.24, 2.45) is 13.0 Å². The number of amides is 1. The third kappa shape index (κ3) is 4.16. The van der Waals surface area contributed by atoms with Crippen molar-refractivity contribution in [3.05, 3.63) is 59.0 Å². The molecule has 0 atom stereocenters. The second-order valence-corrected chi connectivity index (χ2v) is 9.08. The third-order valence-corrected chi connectivity index (χ3v) is 6.70. The third-order valence-electron chi connectivity index (χ3n) is 6.70. The summed E-state index contributed by atoms with van der Waals surface area (Å²) in [5, 5.41) is 4.86. The van der Waals surface area contributed by atoms with E-state index in [2.05, 4.69) is 35.8 Å². The fraction of sp³-hybridized carbons (Fsp3) is 0.480. The van der Waals surface area contributed by atoms with Gasteiger partial charge in [-0.05, 0) is 44.1 Å². The predicted octanol–water partition coefficient (Wildman–Crippen LogP) is 3.91. The largest absolute Gasteiger partial charge is 0.338 e. The van der Waals surface area contributed by atoms with Crippen LogP contribution in [0.1, 0.15) is 48.2 Å². The van der Waals surface area contributed by atoms with Gasteiger partial charge in [0.1, 0.15) is 5.69 Å². The number of rotatable bonds is 7. The van der Waals surface area contributed by atoms with Crippen LogP contribution in [-0.4, -0.2) is 36.7 Å². The number of aromatic nitrogens is 4. The van der Waals surface area contributed by atoms with Gasteiger partial charge in [0, 0.05) is 62.7 Å². The van der Waals surface area contributed by atoms with Gasteiger partial charge >= 0.3 is 0 Å². The Morgan fingerprint density at radius 1 is 1.19 bits per heavy atom. The first-order valence-electron chi connectivity index (χ1n) is 11.5. The summed E-state index contributed by atoms with van der Waals surface area (Å²) < 4.78 is 4.31. The number of benzene rings is 1. The molecule has 0 saturated heterocycles. The molecule has 5 rings (SSSR count). The molecule has 1 aliphatic heterocycles. The lowest BCUT2D eigenvalue weighted by Gasteiger charge is -2.28. The average molecular weight is 418 g/mol. The molecule has 1 aromatic carbocycles. The normalized spacial score (nSPS) is 15.9. The highest BCUT2D eigenvalue weighted by molar-refractivity contribution is 5.77. The van der Waals surface area contributed by atoms with Gasteiger partial charge in [0.2, 0.25) is 5.91 Å². The van der Waals surface area contributed by atoms with Crippen molar-refractivity contribution in [2.45, 2.75) is 58.5 Å². The lowest BCUT2D eigenvalue weighted by molar-refractivity contribution is -0.132. The van der Waals surface area contributed by atoms with Gasteiger partial charge in [-0.3, -0.25) is 9.48 Å². The van der Waals surface area contributed by atoms with Crippen LogP contribution in [0.25, 0.3) is 11.5 Å². The fourth-order valence-electron chi connectivity index (χ4n) is 4.67. The molecule has 6 heteroatoms. The highest BCUT2D eigenvalue weighted by Gasteiger charge is 2.30. The number of hydrogen-bond donors (Lipinski definition) is 0. The first kappa shape index (κ1) is 20.0. The Kier molecular flexibility index (Phi) is 5.38. The molecule has 3 aromatic rings. The SMILES string of the molecule is Cc1cnc(-c2nn(C)c3c2CN(C(=O)CCCc2ccccc2)CC3)n1CC1CC1. The van der Waals surface area contributed by atoms with Crippen molar-refractivity contribution < 1.29 is 4.79 Å². The first-order valence-corrected chi connectivity index (χ1v) is 11.5. The summed E-state index contributed by atoms with van der Waals surface area (Å²) in [6.45, 7) is 4.55. The second kappa shape index (κ2) is 8.33. The minimum atomic E-state index is 0.244. The van der Waals surface area contributed by atoms with Gasteiger partial charge in [0.05, 0.1) is 0 Å². The summed E-state index contributed by atoms with van der Waals surface area (Å²) in [7, 11) is 2.01. The maximum atomic E-state index is 13.0. The van der Waals surface area contributed by atoms with E-state index in [0.717, 1.165) is 49.8 Å². The van der Waals surface area contributed by atoms with Gasteiger partial charge in [0.25, 0.3) is 0 Å². The Morgan fingerprint density at radius 3 is 2.77 bits per heavy atom. The molecular weight excluding hydrogens is 386 g/mol. The van der Waals surface area contributed by atoms with Gasteiger partial charge in [-0.15, -0.1) is 0 Å². The van der Waals surface area contributed by atoms with Gasteiger partial charge < -0.3 is 9.47 Å². The van der Waals surface area contributed by atoms with E-state index in [1.54, 1.807) is 0 Å². The molecule has 3 heterocycles. The average Bonchev–Trinajstić information content (AvgIpc) is 3.46. The summed E-state index contributed by atoms with van der Waals surface area (Å²) in [6, 6.07) is 10.4. The van der Waals surface area contributed by atoms with E-state index < -0.39 is 0 Å². The zero-order valence-corrected chi connectivity index (χ0v) is 18.5. The molecule has 0 unspecified atom stereocenters. The molecule has 1 fully saturated rings. The molecule has 31 heavy (non-hydrogen) atoms. The molecular formula is C25H31N5O. The van der Waals surface area contributed by atoms with Crippen molar-refractivity contribution in [1.82, 2.24) is 24.2 Å². The molecule has 0 N–H and O–H groups in total. The molecule has 162 valence electrons. The summed E-state index contributed by atoms with van der Waals surface area (Å²) in [6.07, 6.45) is 7.85. The van der Waals surface area contributed by atoms with Crippen LogP contribution in [0.3, 0.4) is 0 Å². The van der Waals surface area contributed by atoms with Gasteiger partial charge in [0.15, 0.2) is 5.82 Å². The molecule has 6 nitrogen and oxygen atoms in total. The monoisotopic (exact) mass is 417 g/mol. The number of carbonyl (C=O) groups excluding carboxylic acids is 1. The van der Waals surface area contributed by atoms with Crippen molar-refractivity contribution in [3.8, 4) is 11.5 Å². The molecule has 0 spiro atoms. The van der Waals surface area contributed by atoms with Gasteiger partial charge in [-0.2, -0.15) is 5.10 Å². The van der Waals surface area contributed by atoms with Crippen LogP contribution in [0.2, 0.25) is 0 Å². The van der Waals surface area contributed by atoms with Crippen LogP contribution in [-0.2, 0) is 37.8 Å². The van der Waals surface area contributed by atoms with Crippen molar-refractivity contribution in [2.75, 3.05) is 6.54 Å². The van der Waals surface area contributed by atoms with Crippen LogP contribution in [0.5, 0.6) is 0 Å². The smallest absolute Gasteiger partial charge is 0.222 e. The van der Waals surface area contributed by atoms with E-state index >= 15 is 0 Å². The number of nitrogens with zero attached hydrogens (tertiary/aromatic N) is 5. The Labute approximate surface area is 183 Å². The van der Waals surface area contributed by atoms with Crippen LogP contribution < -0.4 is 0 Å². The highest BCUT2D eigenvalue weighted by atomic mass is 16.2. The Balaban J connectivity index is 1.31. The Bertz CT molecular complexity index is 1080. The van der Waals surface area contributed by atoms with Gasteiger partial charge in [-0.1, -0.05) is 30.3 Å². The van der Waals surface area contributed by atoms with E-state index in [1.165, 1.54) is 35.4 Å². The number of carbonyl (C=O) groups is 1. The molecule has 0 bridgehead atoms. The quantitative estimate of drug-likeness (QED) is 0.586. The van der Waals surface area contributed by atoms with E-state index in [-0.39, 0.29) is 5.91 Å². The Morgan fingerprint density at radius 2 is 2.00 bits per heavy atom. The lowest BCUT2D eigenvalue weighted by Crippen LogP contribution is -2.36. The number of hydrogen-bond acceptors (Lipinski definition) is 3. The van der Waals surface area contributed by atoms with Crippen LogP contribution in [0.15, 0.2) is 36.5 Å². The molecule has 1 aliphatic carbocycles.